The third kappa shape index (κ3) is 2.99. The molecule has 0 spiro atoms. The van der Waals surface area contributed by atoms with Crippen molar-refractivity contribution >= 4 is 5.69 Å². The summed E-state index contributed by atoms with van der Waals surface area (Å²) in [5.41, 5.74) is 3.04. The number of phenols is 1. The van der Waals surface area contributed by atoms with Crippen LogP contribution in [0.3, 0.4) is 0 Å². The van der Waals surface area contributed by atoms with Gasteiger partial charge < -0.3 is 15.2 Å². The van der Waals surface area contributed by atoms with Gasteiger partial charge in [-0.25, -0.2) is 0 Å². The van der Waals surface area contributed by atoms with E-state index in [0.29, 0.717) is 12.3 Å². The van der Waals surface area contributed by atoms with Crippen LogP contribution in [0.25, 0.3) is 0 Å². The van der Waals surface area contributed by atoms with Gasteiger partial charge in [-0.05, 0) is 31.5 Å². The average molecular weight is 261 g/mol. The van der Waals surface area contributed by atoms with E-state index in [4.69, 9.17) is 4.74 Å². The maximum Gasteiger partial charge on any atom is 0.160 e. The Hall–Kier alpha value is -2.17. The highest BCUT2D eigenvalue weighted by Gasteiger charge is 2.05. The Balaban J connectivity index is 2.07. The molecule has 5 heteroatoms. The van der Waals surface area contributed by atoms with E-state index in [2.05, 4.69) is 17.3 Å². The highest BCUT2D eigenvalue weighted by molar-refractivity contribution is 5.47. The van der Waals surface area contributed by atoms with Crippen molar-refractivity contribution in [3.8, 4) is 11.5 Å². The molecule has 2 aromatic rings. The fraction of sp³-hybridized carbons (Fsp3) is 0.357. The van der Waals surface area contributed by atoms with Gasteiger partial charge in [-0.3, -0.25) is 4.68 Å². The predicted octanol–water partition coefficient (Wildman–Crippen LogP) is 2.54. The summed E-state index contributed by atoms with van der Waals surface area (Å²) in [6.45, 7) is 5.55. The second-order valence-electron chi connectivity index (χ2n) is 4.34. The Morgan fingerprint density at radius 3 is 2.84 bits per heavy atom. The number of nitrogens with zero attached hydrogens (tertiary/aromatic N) is 2. The van der Waals surface area contributed by atoms with E-state index in [1.165, 1.54) is 0 Å². The number of nitrogens with one attached hydrogen (secondary N) is 1. The van der Waals surface area contributed by atoms with E-state index in [1.54, 1.807) is 13.2 Å². The molecule has 0 saturated heterocycles. The van der Waals surface area contributed by atoms with Crippen LogP contribution in [0, 0.1) is 6.92 Å². The molecule has 0 fully saturated rings. The molecule has 102 valence electrons. The van der Waals surface area contributed by atoms with Gasteiger partial charge in [-0.1, -0.05) is 6.07 Å². The van der Waals surface area contributed by atoms with Gasteiger partial charge in [0.2, 0.25) is 0 Å². The molecular weight excluding hydrogens is 242 g/mol. The Kier molecular flexibility index (Phi) is 3.94. The summed E-state index contributed by atoms with van der Waals surface area (Å²) < 4.78 is 6.99. The molecule has 0 bridgehead atoms. The molecule has 0 unspecified atom stereocenters. The molecule has 1 aromatic carbocycles. The maximum absolute atomic E-state index is 9.54. The second kappa shape index (κ2) is 5.65. The molecule has 0 aliphatic carbocycles. The largest absolute Gasteiger partial charge is 0.504 e. The lowest BCUT2D eigenvalue weighted by atomic mass is 10.2. The first-order chi connectivity index (χ1) is 9.13. The van der Waals surface area contributed by atoms with Crippen LogP contribution in [-0.2, 0) is 13.1 Å². The zero-order valence-electron chi connectivity index (χ0n) is 11.5. The van der Waals surface area contributed by atoms with Crippen molar-refractivity contribution in [2.75, 3.05) is 12.4 Å². The summed E-state index contributed by atoms with van der Waals surface area (Å²) in [7, 11) is 1.54. The average Bonchev–Trinajstić information content (AvgIpc) is 2.78. The summed E-state index contributed by atoms with van der Waals surface area (Å²) in [6.07, 6.45) is 1.99. The van der Waals surface area contributed by atoms with Crippen molar-refractivity contribution in [2.45, 2.75) is 26.9 Å². The van der Waals surface area contributed by atoms with Crippen LogP contribution in [-0.4, -0.2) is 22.0 Å². The van der Waals surface area contributed by atoms with Gasteiger partial charge in [-0.15, -0.1) is 0 Å². The van der Waals surface area contributed by atoms with Gasteiger partial charge in [0.1, 0.15) is 0 Å². The number of hydrogen-bond donors (Lipinski definition) is 2. The van der Waals surface area contributed by atoms with Crippen LogP contribution >= 0.6 is 0 Å². The molecule has 1 aromatic heterocycles. The van der Waals surface area contributed by atoms with Crippen molar-refractivity contribution in [3.05, 3.63) is 35.7 Å². The van der Waals surface area contributed by atoms with Gasteiger partial charge in [-0.2, -0.15) is 5.10 Å². The Bertz CT molecular complexity index is 564. The summed E-state index contributed by atoms with van der Waals surface area (Å²) >= 11 is 0. The van der Waals surface area contributed by atoms with Gasteiger partial charge in [0, 0.05) is 19.3 Å². The number of phenolic OH excluding ortho intramolecular Hbond substituents is 1. The van der Waals surface area contributed by atoms with E-state index in [-0.39, 0.29) is 5.75 Å². The monoisotopic (exact) mass is 261 g/mol. The molecule has 5 nitrogen and oxygen atoms in total. The lowest BCUT2D eigenvalue weighted by molar-refractivity contribution is 0.373. The number of benzene rings is 1. The van der Waals surface area contributed by atoms with E-state index >= 15 is 0 Å². The van der Waals surface area contributed by atoms with Crippen LogP contribution in [0.2, 0.25) is 0 Å². The summed E-state index contributed by atoms with van der Waals surface area (Å²) in [4.78, 5) is 0. The zero-order chi connectivity index (χ0) is 13.8. The molecule has 1 heterocycles. The first kappa shape index (κ1) is 13.3. The lowest BCUT2D eigenvalue weighted by Crippen LogP contribution is -2.00. The number of hydrogen-bond acceptors (Lipinski definition) is 4. The lowest BCUT2D eigenvalue weighted by Gasteiger charge is -2.08. The SMILES string of the molecule is CCn1cc(NCc2ccc(O)c(OC)c2)c(C)n1. The molecule has 0 aliphatic heterocycles. The first-order valence-corrected chi connectivity index (χ1v) is 6.27. The molecule has 2 N–H and O–H groups in total. The quantitative estimate of drug-likeness (QED) is 0.868. The third-order valence-electron chi connectivity index (χ3n) is 3.00. The van der Waals surface area contributed by atoms with Gasteiger partial charge in [0.05, 0.1) is 18.5 Å². The second-order valence-corrected chi connectivity index (χ2v) is 4.34. The number of anilines is 1. The highest BCUT2D eigenvalue weighted by atomic mass is 16.5. The fourth-order valence-electron chi connectivity index (χ4n) is 1.88. The zero-order valence-corrected chi connectivity index (χ0v) is 11.5. The number of rotatable bonds is 5. The van der Waals surface area contributed by atoms with Crippen LogP contribution in [0.1, 0.15) is 18.2 Å². The van der Waals surface area contributed by atoms with E-state index in [1.807, 2.05) is 29.9 Å². The predicted molar refractivity (Wildman–Crippen MR) is 74.6 cm³/mol. The first-order valence-electron chi connectivity index (χ1n) is 6.27. The minimum Gasteiger partial charge on any atom is -0.504 e. The van der Waals surface area contributed by atoms with Crippen molar-refractivity contribution in [2.24, 2.45) is 0 Å². The number of ether oxygens (including phenoxy) is 1. The Labute approximate surface area is 112 Å². The van der Waals surface area contributed by atoms with Crippen molar-refractivity contribution in [1.82, 2.24) is 9.78 Å². The van der Waals surface area contributed by atoms with Gasteiger partial charge in [0.25, 0.3) is 0 Å². The minimum absolute atomic E-state index is 0.154. The van der Waals surface area contributed by atoms with Crippen LogP contribution in [0.4, 0.5) is 5.69 Å². The number of methoxy groups -OCH3 is 1. The minimum atomic E-state index is 0.154. The molecule has 0 aliphatic rings. The number of aromatic nitrogens is 2. The maximum atomic E-state index is 9.54. The van der Waals surface area contributed by atoms with Crippen LogP contribution in [0.5, 0.6) is 11.5 Å². The molecule has 0 radical (unpaired) electrons. The normalized spacial score (nSPS) is 10.5. The topological polar surface area (TPSA) is 59.3 Å². The fourth-order valence-corrected chi connectivity index (χ4v) is 1.88. The number of aryl methyl sites for hydroxylation is 2. The molecule has 0 saturated carbocycles. The molecule has 0 amide bonds. The Morgan fingerprint density at radius 1 is 1.42 bits per heavy atom. The molecular formula is C14H19N3O2. The van der Waals surface area contributed by atoms with Crippen LogP contribution < -0.4 is 10.1 Å². The molecule has 19 heavy (non-hydrogen) atoms. The van der Waals surface area contributed by atoms with E-state index in [9.17, 15) is 5.11 Å². The third-order valence-corrected chi connectivity index (χ3v) is 3.00. The van der Waals surface area contributed by atoms with Gasteiger partial charge in [0.15, 0.2) is 11.5 Å². The molecule has 2 rings (SSSR count). The summed E-state index contributed by atoms with van der Waals surface area (Å²) in [5.74, 6) is 0.640. The Morgan fingerprint density at radius 2 is 2.21 bits per heavy atom. The summed E-state index contributed by atoms with van der Waals surface area (Å²) in [5, 5.41) is 17.3. The van der Waals surface area contributed by atoms with E-state index < -0.39 is 0 Å². The van der Waals surface area contributed by atoms with Crippen molar-refractivity contribution in [3.63, 3.8) is 0 Å². The number of aromatic hydroxyl groups is 1. The standard InChI is InChI=1S/C14H19N3O2/c1-4-17-9-12(10(2)16-17)15-8-11-5-6-13(18)14(7-11)19-3/h5-7,9,15,18H,4,8H2,1-3H3. The van der Waals surface area contributed by atoms with Gasteiger partial charge >= 0.3 is 0 Å². The highest BCUT2D eigenvalue weighted by Crippen LogP contribution is 2.26. The smallest absolute Gasteiger partial charge is 0.160 e. The molecule has 0 atom stereocenters. The van der Waals surface area contributed by atoms with E-state index in [0.717, 1.165) is 23.5 Å². The van der Waals surface area contributed by atoms with Crippen molar-refractivity contribution < 1.29 is 9.84 Å². The summed E-state index contributed by atoms with van der Waals surface area (Å²) in [6, 6.07) is 5.32. The van der Waals surface area contributed by atoms with Crippen LogP contribution in [0.15, 0.2) is 24.4 Å². The van der Waals surface area contributed by atoms with Crippen molar-refractivity contribution in [1.29, 1.82) is 0 Å².